The third kappa shape index (κ3) is 5.89. The van der Waals surface area contributed by atoms with Crippen LogP contribution < -0.4 is 0 Å². The summed E-state index contributed by atoms with van der Waals surface area (Å²) in [5.74, 6) is 0.906. The maximum Gasteiger partial charge on any atom is 4.00 e. The number of H-pyrrole nitrogens is 1. The van der Waals surface area contributed by atoms with Crippen molar-refractivity contribution in [1.29, 1.82) is 0 Å². The van der Waals surface area contributed by atoms with E-state index >= 15 is 0 Å². The van der Waals surface area contributed by atoms with Crippen LogP contribution >= 0.6 is 0 Å². The molecule has 4 aliphatic rings. The largest absolute Gasteiger partial charge is 4.00 e. The second kappa shape index (κ2) is 14.2. The number of aromatic nitrogens is 1. The summed E-state index contributed by atoms with van der Waals surface area (Å²) in [5.41, 5.74) is 4.93. The minimum atomic E-state index is 0. The average molecular weight is 499 g/mol. The summed E-state index contributed by atoms with van der Waals surface area (Å²) in [6.07, 6.45) is 12.0. The van der Waals surface area contributed by atoms with Gasteiger partial charge in [-0.15, -0.1) is 0 Å². The predicted octanol–water partition coefficient (Wildman–Crippen LogP) is 8.02. The number of hydrogen-bond acceptors (Lipinski definition) is 0. The van der Waals surface area contributed by atoms with Gasteiger partial charge in [-0.25, -0.2) is 0 Å². The smallest absolute Gasteiger partial charge is 0.668 e. The molecule has 0 radical (unpaired) electrons. The Balaban J connectivity index is 0.000000910. The molecule has 0 saturated heterocycles. The molecule has 0 unspecified atom stereocenters. The molecule has 4 heteroatoms. The summed E-state index contributed by atoms with van der Waals surface area (Å²) in [6, 6.07) is 13.5. The molecule has 0 atom stereocenters. The van der Waals surface area contributed by atoms with Gasteiger partial charge in [-0.2, -0.15) is 28.2 Å². The van der Waals surface area contributed by atoms with Crippen LogP contribution in [0.5, 0.6) is 0 Å². The molecular weight excluding hydrogens is 458 g/mol. The van der Waals surface area contributed by atoms with Crippen LogP contribution in [0.2, 0.25) is 0 Å². The van der Waals surface area contributed by atoms with Gasteiger partial charge in [0.15, 0.2) is 0 Å². The minimum Gasteiger partial charge on any atom is -0.668 e. The van der Waals surface area contributed by atoms with E-state index in [-0.39, 0.29) is 41.1 Å². The molecule has 3 nitrogen and oxygen atoms in total. The second-order valence-electron chi connectivity index (χ2n) is 8.26. The molecule has 0 bridgehead atoms. The number of aromatic amines is 1. The van der Waals surface area contributed by atoms with E-state index in [0.29, 0.717) is 5.41 Å². The van der Waals surface area contributed by atoms with E-state index in [0.717, 1.165) is 5.92 Å². The first kappa shape index (κ1) is 30.0. The maximum atomic E-state index is 3.61. The van der Waals surface area contributed by atoms with E-state index in [1.165, 1.54) is 67.0 Å². The topological polar surface area (TPSA) is 44.0 Å². The van der Waals surface area contributed by atoms with Crippen LogP contribution in [0.1, 0.15) is 50.5 Å². The molecule has 31 heavy (non-hydrogen) atoms. The summed E-state index contributed by atoms with van der Waals surface area (Å²) in [4.78, 5) is 3.61. The van der Waals surface area contributed by atoms with Crippen molar-refractivity contribution in [2.75, 3.05) is 28.2 Å². The third-order valence-electron chi connectivity index (χ3n) is 6.47. The summed E-state index contributed by atoms with van der Waals surface area (Å²) in [5, 5.41) is 9.94. The van der Waals surface area contributed by atoms with Crippen LogP contribution in [0, 0.1) is 20.8 Å². The molecule has 168 valence electrons. The number of pyridine rings is 1. The zero-order valence-corrected chi connectivity index (χ0v) is 22.9. The fourth-order valence-electron chi connectivity index (χ4n) is 5.35. The van der Waals surface area contributed by atoms with Crippen molar-refractivity contribution in [2.24, 2.45) is 5.92 Å². The summed E-state index contributed by atoms with van der Waals surface area (Å²) in [7, 11) is 7.00. The quantitative estimate of drug-likeness (QED) is 0.348. The molecule has 2 saturated carbocycles. The van der Waals surface area contributed by atoms with Gasteiger partial charge in [-0.1, -0.05) is 49.6 Å². The molecule has 1 aliphatic heterocycles. The van der Waals surface area contributed by atoms with Crippen LogP contribution in [-0.4, -0.2) is 33.2 Å². The predicted molar refractivity (Wildman–Crippen MR) is 136 cm³/mol. The van der Waals surface area contributed by atoms with Gasteiger partial charge in [0, 0.05) is 17.2 Å². The van der Waals surface area contributed by atoms with Gasteiger partial charge < -0.3 is 30.5 Å². The van der Waals surface area contributed by atoms with Crippen molar-refractivity contribution in [1.82, 2.24) is 4.98 Å². The fourth-order valence-corrected chi connectivity index (χ4v) is 5.35. The zero-order valence-electron chi connectivity index (χ0n) is 20.5. The number of nitrogens with zero attached hydrogens (tertiary/aromatic N) is 2. The molecule has 1 heterocycles. The van der Waals surface area contributed by atoms with Gasteiger partial charge in [0.05, 0.1) is 5.69 Å². The van der Waals surface area contributed by atoms with Crippen LogP contribution in [0.4, 0.5) is 0 Å². The van der Waals surface area contributed by atoms with Crippen LogP contribution in [0.15, 0.2) is 42.6 Å². The molecule has 1 aromatic rings. The Morgan fingerprint density at radius 2 is 1.35 bits per heavy atom. The molecule has 0 aromatic heterocycles. The van der Waals surface area contributed by atoms with Crippen molar-refractivity contribution in [2.45, 2.75) is 50.4 Å². The molecule has 3 aliphatic carbocycles. The molecule has 0 amide bonds. The van der Waals surface area contributed by atoms with Crippen LogP contribution in [0.3, 0.4) is 0 Å². The zero-order chi connectivity index (χ0) is 20.0. The van der Waals surface area contributed by atoms with E-state index < -0.39 is 0 Å². The number of benzene rings is 1. The van der Waals surface area contributed by atoms with Gasteiger partial charge in [-0.05, 0) is 54.0 Å². The Bertz CT molecular complexity index is 830. The molecular formula is C27H41N3Zr. The van der Waals surface area contributed by atoms with Crippen molar-refractivity contribution < 1.29 is 26.2 Å². The SMILES string of the molecule is C[N-]C.C[N-]C.[CH3-].[CH3-].[Zr+4].c1c[nH]c2c(C3(C4CCCC4)CCC3)c3ccccc3c-2c1. The first-order valence-corrected chi connectivity index (χ1v) is 10.7. The van der Waals surface area contributed by atoms with Crippen molar-refractivity contribution in [3.05, 3.63) is 73.6 Å². The van der Waals surface area contributed by atoms with E-state index in [2.05, 4.69) is 58.2 Å². The Morgan fingerprint density at radius 3 is 1.87 bits per heavy atom. The van der Waals surface area contributed by atoms with Crippen LogP contribution in [-0.2, 0) is 31.6 Å². The first-order chi connectivity index (χ1) is 13.7. The number of fused-ring (bicyclic) bond motifs is 3. The van der Waals surface area contributed by atoms with E-state index in [9.17, 15) is 0 Å². The van der Waals surface area contributed by atoms with E-state index in [4.69, 9.17) is 0 Å². The maximum absolute atomic E-state index is 3.61. The van der Waals surface area contributed by atoms with Gasteiger partial charge in [0.25, 0.3) is 0 Å². The molecule has 0 spiro atoms. The normalized spacial score (nSPS) is 16.4. The van der Waals surface area contributed by atoms with Crippen LogP contribution in [0.25, 0.3) is 32.7 Å². The molecule has 2 fully saturated rings. The Morgan fingerprint density at radius 1 is 0.806 bits per heavy atom. The monoisotopic (exact) mass is 497 g/mol. The minimum absolute atomic E-state index is 0. The summed E-state index contributed by atoms with van der Waals surface area (Å²) < 4.78 is 0. The molecule has 1 N–H and O–H groups in total. The van der Waals surface area contributed by atoms with E-state index in [1.807, 2.05) is 0 Å². The standard InChI is InChI=1S/C21H23N.2C2H6N.2CH3.Zr/c1-2-8-15(7-1)21(12-6-13-21)19-17-10-4-3-9-16(17)18-11-5-14-22-20(18)19;2*1-3-2;;;/h3-5,9-11,14-15,22H,1-2,6-8,12-13H2;2*1-2H3;2*1H3;/q;4*-1;+4. The Labute approximate surface area is 210 Å². The molecule has 5 rings (SSSR count). The van der Waals surface area contributed by atoms with Gasteiger partial charge in [0.1, 0.15) is 0 Å². The summed E-state index contributed by atoms with van der Waals surface area (Å²) >= 11 is 0. The second-order valence-corrected chi connectivity index (χ2v) is 8.26. The van der Waals surface area contributed by atoms with Crippen molar-refractivity contribution in [3.8, 4) is 11.3 Å². The van der Waals surface area contributed by atoms with Gasteiger partial charge >= 0.3 is 26.2 Å². The Hall–Kier alpha value is -0.957. The van der Waals surface area contributed by atoms with Gasteiger partial charge in [-0.3, -0.25) is 0 Å². The Kier molecular flexibility index (Phi) is 13.8. The van der Waals surface area contributed by atoms with E-state index in [1.54, 1.807) is 33.8 Å². The van der Waals surface area contributed by atoms with Crippen molar-refractivity contribution >= 4 is 10.8 Å². The van der Waals surface area contributed by atoms with Crippen molar-refractivity contribution in [3.63, 3.8) is 0 Å². The average Bonchev–Trinajstić information content (AvgIpc) is 3.31. The third-order valence-corrected chi connectivity index (χ3v) is 6.47. The number of rotatable bonds is 2. The summed E-state index contributed by atoms with van der Waals surface area (Å²) in [6.45, 7) is 0. The molecule has 1 aromatic carbocycles. The number of hydrogen-bond donors (Lipinski definition) is 1. The van der Waals surface area contributed by atoms with Gasteiger partial charge in [0.2, 0.25) is 0 Å². The first-order valence-electron chi connectivity index (χ1n) is 10.7. The fraction of sp³-hybridized carbons (Fsp3) is 0.481. The number of nitrogens with one attached hydrogen (secondary N) is 1.